The first-order chi connectivity index (χ1) is 7.72. The highest BCUT2D eigenvalue weighted by Crippen LogP contribution is 2.27. The summed E-state index contributed by atoms with van der Waals surface area (Å²) in [5, 5.41) is 0.616. The number of nitrogens with one attached hydrogen (secondary N) is 1. The van der Waals surface area contributed by atoms with E-state index >= 15 is 0 Å². The van der Waals surface area contributed by atoms with Crippen molar-refractivity contribution in [2.24, 2.45) is 5.84 Å². The summed E-state index contributed by atoms with van der Waals surface area (Å²) >= 11 is 2.00. The van der Waals surface area contributed by atoms with Gasteiger partial charge in [-0.2, -0.15) is 11.8 Å². The highest BCUT2D eigenvalue weighted by molar-refractivity contribution is 8.00. The first-order valence-corrected chi connectivity index (χ1v) is 6.44. The van der Waals surface area contributed by atoms with Crippen LogP contribution in [0.2, 0.25) is 0 Å². The van der Waals surface area contributed by atoms with Crippen molar-refractivity contribution < 1.29 is 0 Å². The van der Waals surface area contributed by atoms with Crippen LogP contribution in [0.1, 0.15) is 13.8 Å². The van der Waals surface area contributed by atoms with Crippen molar-refractivity contribution in [3.63, 3.8) is 0 Å². The Bertz CT molecular complexity index is 359. The van der Waals surface area contributed by atoms with Crippen molar-refractivity contribution in [3.8, 4) is 0 Å². The van der Waals surface area contributed by atoms with Crippen molar-refractivity contribution in [3.05, 3.63) is 12.4 Å². The second-order valence-corrected chi connectivity index (χ2v) is 5.40. The summed E-state index contributed by atoms with van der Waals surface area (Å²) in [5.41, 5.74) is 2.53. The fourth-order valence-electron chi connectivity index (χ4n) is 1.82. The highest BCUT2D eigenvalue weighted by Gasteiger charge is 2.26. The molecule has 0 saturated carbocycles. The third-order valence-corrected chi connectivity index (χ3v) is 4.29. The molecule has 0 aromatic carbocycles. The van der Waals surface area contributed by atoms with E-state index in [1.54, 1.807) is 12.4 Å². The minimum Gasteiger partial charge on any atom is -0.351 e. The van der Waals surface area contributed by atoms with Gasteiger partial charge in [-0.25, -0.2) is 10.8 Å². The van der Waals surface area contributed by atoms with Crippen molar-refractivity contribution in [2.45, 2.75) is 25.1 Å². The molecule has 0 amide bonds. The van der Waals surface area contributed by atoms with E-state index in [2.05, 4.69) is 34.1 Å². The van der Waals surface area contributed by atoms with Gasteiger partial charge in [-0.15, -0.1) is 0 Å². The summed E-state index contributed by atoms with van der Waals surface area (Å²) < 4.78 is 0. The molecule has 0 aliphatic carbocycles. The Hall–Kier alpha value is -1.01. The third-order valence-electron chi connectivity index (χ3n) is 2.95. The van der Waals surface area contributed by atoms with E-state index in [4.69, 9.17) is 5.84 Å². The van der Waals surface area contributed by atoms with Gasteiger partial charge in [0.1, 0.15) is 5.82 Å². The summed E-state index contributed by atoms with van der Waals surface area (Å²) in [6.07, 6.45) is 3.41. The summed E-state index contributed by atoms with van der Waals surface area (Å²) in [5.74, 6) is 7.97. The van der Waals surface area contributed by atoms with E-state index in [0.29, 0.717) is 17.1 Å². The highest BCUT2D eigenvalue weighted by atomic mass is 32.2. The predicted octanol–water partition coefficient (Wildman–Crippen LogP) is 1.09. The molecule has 88 valence electrons. The van der Waals surface area contributed by atoms with E-state index < -0.39 is 0 Å². The lowest BCUT2D eigenvalue weighted by Crippen LogP contribution is -2.45. The van der Waals surface area contributed by atoms with Crippen LogP contribution in [0.5, 0.6) is 0 Å². The average molecular weight is 239 g/mol. The molecule has 1 aliphatic heterocycles. The van der Waals surface area contributed by atoms with E-state index in [1.807, 2.05) is 11.8 Å². The van der Waals surface area contributed by atoms with Crippen LogP contribution in [0.15, 0.2) is 12.4 Å². The largest absolute Gasteiger partial charge is 0.351 e. The van der Waals surface area contributed by atoms with Crippen LogP contribution < -0.4 is 16.2 Å². The number of nitrogens with two attached hydrogens (primary N) is 1. The van der Waals surface area contributed by atoms with Crippen molar-refractivity contribution >= 4 is 23.4 Å². The quantitative estimate of drug-likeness (QED) is 0.595. The lowest BCUT2D eigenvalue weighted by atomic mass is 10.2. The normalized spacial score (nSPS) is 25.6. The van der Waals surface area contributed by atoms with Gasteiger partial charge in [0.15, 0.2) is 5.82 Å². The number of aromatic nitrogens is 2. The molecule has 0 spiro atoms. The van der Waals surface area contributed by atoms with E-state index in [9.17, 15) is 0 Å². The summed E-state index contributed by atoms with van der Waals surface area (Å²) in [6.45, 7) is 5.49. The van der Waals surface area contributed by atoms with Gasteiger partial charge >= 0.3 is 0 Å². The molecule has 2 rings (SSSR count). The first kappa shape index (κ1) is 11.5. The van der Waals surface area contributed by atoms with Gasteiger partial charge in [0.05, 0.1) is 12.4 Å². The molecular weight excluding hydrogens is 222 g/mol. The molecule has 5 nitrogen and oxygen atoms in total. The number of nitrogens with zero attached hydrogens (tertiary/aromatic N) is 3. The maximum Gasteiger partial charge on any atom is 0.160 e. The summed E-state index contributed by atoms with van der Waals surface area (Å²) in [4.78, 5) is 10.8. The maximum atomic E-state index is 5.34. The Morgan fingerprint density at radius 3 is 3.06 bits per heavy atom. The molecule has 0 radical (unpaired) electrons. The molecule has 1 aromatic heterocycles. The molecule has 6 heteroatoms. The van der Waals surface area contributed by atoms with Gasteiger partial charge in [0, 0.05) is 23.6 Å². The van der Waals surface area contributed by atoms with Crippen molar-refractivity contribution in [2.75, 3.05) is 22.6 Å². The third kappa shape index (κ3) is 2.22. The Kier molecular flexibility index (Phi) is 3.50. The maximum absolute atomic E-state index is 5.34. The second kappa shape index (κ2) is 4.88. The molecule has 3 N–H and O–H groups in total. The smallest absolute Gasteiger partial charge is 0.160 e. The molecule has 1 fully saturated rings. The standard InChI is InChI=1S/C10H17N5S/c1-7-8(2)16-4-3-15(7)10-6-12-5-9(13-10)14-11/h5-8H,3-4,11H2,1-2H3,(H,13,14). The predicted molar refractivity (Wildman–Crippen MR) is 68.6 cm³/mol. The number of rotatable bonds is 2. The van der Waals surface area contributed by atoms with Crippen LogP contribution >= 0.6 is 11.8 Å². The molecule has 2 unspecified atom stereocenters. The number of hydrazine groups is 1. The Labute approximate surface area is 99.8 Å². The van der Waals surface area contributed by atoms with Crippen molar-refractivity contribution in [1.29, 1.82) is 0 Å². The summed E-state index contributed by atoms with van der Waals surface area (Å²) in [7, 11) is 0. The molecule has 2 heterocycles. The van der Waals surface area contributed by atoms with Gasteiger partial charge < -0.3 is 10.3 Å². The zero-order chi connectivity index (χ0) is 11.5. The van der Waals surface area contributed by atoms with Gasteiger partial charge in [-0.1, -0.05) is 6.92 Å². The van der Waals surface area contributed by atoms with Gasteiger partial charge in [0.2, 0.25) is 0 Å². The van der Waals surface area contributed by atoms with Crippen LogP contribution in [-0.4, -0.2) is 33.6 Å². The number of anilines is 2. The van der Waals surface area contributed by atoms with Crippen LogP contribution in [0.25, 0.3) is 0 Å². The zero-order valence-electron chi connectivity index (χ0n) is 9.55. The topological polar surface area (TPSA) is 67.1 Å². The number of thioether (sulfide) groups is 1. The number of hydrogen-bond acceptors (Lipinski definition) is 6. The van der Waals surface area contributed by atoms with Crippen LogP contribution in [-0.2, 0) is 0 Å². The second-order valence-electron chi connectivity index (χ2n) is 3.92. The number of nitrogen functional groups attached to an aromatic ring is 1. The molecule has 1 saturated heterocycles. The lowest BCUT2D eigenvalue weighted by molar-refractivity contribution is 0.619. The van der Waals surface area contributed by atoms with E-state index in [1.165, 1.54) is 0 Å². The molecule has 16 heavy (non-hydrogen) atoms. The minimum absolute atomic E-state index is 0.473. The molecular formula is C10H17N5S. The zero-order valence-corrected chi connectivity index (χ0v) is 10.4. The van der Waals surface area contributed by atoms with Crippen LogP contribution in [0, 0.1) is 0 Å². The Morgan fingerprint density at radius 2 is 2.31 bits per heavy atom. The van der Waals surface area contributed by atoms with Crippen molar-refractivity contribution in [1.82, 2.24) is 9.97 Å². The average Bonchev–Trinajstić information content (AvgIpc) is 2.33. The SMILES string of the molecule is CC1SCCN(c2cncc(NN)n2)C1C. The first-order valence-electron chi connectivity index (χ1n) is 5.39. The number of hydrogen-bond donors (Lipinski definition) is 2. The van der Waals surface area contributed by atoms with Gasteiger partial charge in [-0.3, -0.25) is 4.98 Å². The van der Waals surface area contributed by atoms with E-state index in [0.717, 1.165) is 18.1 Å². The Balaban J connectivity index is 2.21. The molecule has 0 bridgehead atoms. The van der Waals surface area contributed by atoms with E-state index in [-0.39, 0.29) is 0 Å². The minimum atomic E-state index is 0.473. The molecule has 2 atom stereocenters. The fraction of sp³-hybridized carbons (Fsp3) is 0.600. The molecule has 1 aliphatic rings. The van der Waals surface area contributed by atoms with Gasteiger partial charge in [0.25, 0.3) is 0 Å². The fourth-order valence-corrected chi connectivity index (χ4v) is 2.92. The van der Waals surface area contributed by atoms with Gasteiger partial charge in [-0.05, 0) is 6.92 Å². The monoisotopic (exact) mass is 239 g/mol. The van der Waals surface area contributed by atoms with Crippen LogP contribution in [0.3, 0.4) is 0 Å². The summed E-state index contributed by atoms with van der Waals surface area (Å²) in [6, 6.07) is 0.473. The Morgan fingerprint density at radius 1 is 1.50 bits per heavy atom. The molecule has 1 aromatic rings. The lowest BCUT2D eigenvalue weighted by Gasteiger charge is -2.38. The van der Waals surface area contributed by atoms with Crippen LogP contribution in [0.4, 0.5) is 11.6 Å².